The fraction of sp³-hybridized carbons (Fsp3) is 0.235. The van der Waals surface area contributed by atoms with Crippen LogP contribution in [0, 0.1) is 6.92 Å². The molecule has 1 aromatic carbocycles. The lowest BCUT2D eigenvalue weighted by Crippen LogP contribution is -2.18. The van der Waals surface area contributed by atoms with E-state index in [0.717, 1.165) is 17.6 Å². The summed E-state index contributed by atoms with van der Waals surface area (Å²) in [7, 11) is 2.02. The largest absolute Gasteiger partial charge is 0.313 e. The van der Waals surface area contributed by atoms with Gasteiger partial charge in [0.05, 0.1) is 5.52 Å². The Kier molecular flexibility index (Phi) is 3.81. The molecule has 3 aromatic rings. The van der Waals surface area contributed by atoms with Crippen molar-refractivity contribution in [1.82, 2.24) is 10.3 Å². The summed E-state index contributed by atoms with van der Waals surface area (Å²) in [5.41, 5.74) is 3.45. The van der Waals surface area contributed by atoms with Crippen LogP contribution in [-0.4, -0.2) is 12.0 Å². The molecule has 1 atom stereocenters. The normalized spacial score (nSPS) is 12.7. The van der Waals surface area contributed by atoms with E-state index < -0.39 is 0 Å². The van der Waals surface area contributed by atoms with Crippen LogP contribution in [0.1, 0.15) is 22.2 Å². The van der Waals surface area contributed by atoms with E-state index in [2.05, 4.69) is 58.1 Å². The van der Waals surface area contributed by atoms with Gasteiger partial charge in [-0.25, -0.2) is 0 Å². The zero-order chi connectivity index (χ0) is 13.9. The Labute approximate surface area is 123 Å². The van der Waals surface area contributed by atoms with E-state index in [0.29, 0.717) is 6.04 Å². The molecule has 2 aromatic heterocycles. The minimum absolute atomic E-state index is 0.347. The van der Waals surface area contributed by atoms with Crippen molar-refractivity contribution in [3.63, 3.8) is 0 Å². The maximum Gasteiger partial charge on any atom is 0.0705 e. The van der Waals surface area contributed by atoms with Crippen LogP contribution in [0.4, 0.5) is 0 Å². The topological polar surface area (TPSA) is 24.9 Å². The first-order chi connectivity index (χ1) is 9.76. The predicted molar refractivity (Wildman–Crippen MR) is 86.3 cm³/mol. The number of aromatic nitrogens is 1. The molecule has 1 unspecified atom stereocenters. The molecule has 3 rings (SSSR count). The van der Waals surface area contributed by atoms with Gasteiger partial charge in [-0.05, 0) is 49.2 Å². The lowest BCUT2D eigenvalue weighted by Gasteiger charge is -2.16. The second-order valence-corrected chi connectivity index (χ2v) is 6.06. The Morgan fingerprint density at radius 3 is 2.85 bits per heavy atom. The molecule has 0 aliphatic rings. The number of fused-ring (bicyclic) bond motifs is 1. The minimum atomic E-state index is 0.347. The number of nitrogens with one attached hydrogen (secondary N) is 1. The minimum Gasteiger partial charge on any atom is -0.313 e. The lowest BCUT2D eigenvalue weighted by atomic mass is 10.0. The van der Waals surface area contributed by atoms with Gasteiger partial charge < -0.3 is 5.32 Å². The Morgan fingerprint density at radius 2 is 2.10 bits per heavy atom. The molecule has 1 N–H and O–H groups in total. The molecule has 102 valence electrons. The molecule has 0 spiro atoms. The van der Waals surface area contributed by atoms with Crippen molar-refractivity contribution in [2.75, 3.05) is 7.05 Å². The van der Waals surface area contributed by atoms with Crippen LogP contribution in [0.5, 0.6) is 0 Å². The number of rotatable bonds is 4. The van der Waals surface area contributed by atoms with E-state index in [1.165, 1.54) is 15.8 Å². The molecule has 0 amide bonds. The molecule has 0 saturated heterocycles. The van der Waals surface area contributed by atoms with E-state index in [9.17, 15) is 0 Å². The lowest BCUT2D eigenvalue weighted by molar-refractivity contribution is 0.597. The molecule has 0 radical (unpaired) electrons. The zero-order valence-electron chi connectivity index (χ0n) is 11.8. The molecule has 20 heavy (non-hydrogen) atoms. The van der Waals surface area contributed by atoms with Gasteiger partial charge in [0.15, 0.2) is 0 Å². The Balaban J connectivity index is 1.93. The highest BCUT2D eigenvalue weighted by molar-refractivity contribution is 7.09. The number of hydrogen-bond acceptors (Lipinski definition) is 3. The highest BCUT2D eigenvalue weighted by Crippen LogP contribution is 2.24. The van der Waals surface area contributed by atoms with Crippen LogP contribution in [-0.2, 0) is 6.42 Å². The first-order valence-electron chi connectivity index (χ1n) is 6.83. The van der Waals surface area contributed by atoms with Gasteiger partial charge in [0.1, 0.15) is 0 Å². The molecule has 0 aliphatic carbocycles. The molecular weight excluding hydrogens is 264 g/mol. The number of likely N-dealkylation sites (N-methyl/N-ethyl adjacent to an activating group) is 1. The SMILES string of the molecule is CNC(Cc1cccs1)c1ccc2nc(C)ccc2c1. The quantitative estimate of drug-likeness (QED) is 0.779. The summed E-state index contributed by atoms with van der Waals surface area (Å²) in [6.07, 6.45) is 1.03. The number of thiophene rings is 1. The van der Waals surface area contributed by atoms with E-state index >= 15 is 0 Å². The first-order valence-corrected chi connectivity index (χ1v) is 7.71. The average molecular weight is 282 g/mol. The molecule has 0 aliphatic heterocycles. The smallest absolute Gasteiger partial charge is 0.0705 e. The molecule has 2 heterocycles. The summed E-state index contributed by atoms with van der Waals surface area (Å²) < 4.78 is 0. The number of nitrogens with zero attached hydrogens (tertiary/aromatic N) is 1. The van der Waals surface area contributed by atoms with Crippen molar-refractivity contribution >= 4 is 22.2 Å². The van der Waals surface area contributed by atoms with Gasteiger partial charge in [-0.1, -0.05) is 18.2 Å². The Bertz CT molecular complexity index is 704. The van der Waals surface area contributed by atoms with Crippen LogP contribution >= 0.6 is 11.3 Å². The summed E-state index contributed by atoms with van der Waals surface area (Å²) in [4.78, 5) is 5.97. The van der Waals surface area contributed by atoms with Gasteiger partial charge in [-0.2, -0.15) is 0 Å². The standard InChI is InChI=1S/C17H18N2S/c1-12-5-6-13-10-14(7-8-16(13)19-12)17(18-2)11-15-4-3-9-20-15/h3-10,17-18H,11H2,1-2H3. The van der Waals surface area contributed by atoms with Gasteiger partial charge in [-0.15, -0.1) is 11.3 Å². The second-order valence-electron chi connectivity index (χ2n) is 5.03. The fourth-order valence-electron chi connectivity index (χ4n) is 2.48. The third-order valence-electron chi connectivity index (χ3n) is 3.59. The zero-order valence-corrected chi connectivity index (χ0v) is 12.6. The third kappa shape index (κ3) is 2.74. The molecule has 0 fully saturated rings. The Morgan fingerprint density at radius 1 is 1.20 bits per heavy atom. The van der Waals surface area contributed by atoms with Crippen molar-refractivity contribution in [1.29, 1.82) is 0 Å². The molecule has 0 bridgehead atoms. The maximum absolute atomic E-state index is 4.56. The summed E-state index contributed by atoms with van der Waals surface area (Å²) in [5, 5.41) is 6.76. The molecular formula is C17H18N2S. The fourth-order valence-corrected chi connectivity index (χ4v) is 3.23. The van der Waals surface area contributed by atoms with Gasteiger partial charge in [0.25, 0.3) is 0 Å². The third-order valence-corrected chi connectivity index (χ3v) is 4.49. The Hall–Kier alpha value is -1.71. The van der Waals surface area contributed by atoms with Gasteiger partial charge in [0, 0.05) is 28.4 Å². The number of pyridine rings is 1. The van der Waals surface area contributed by atoms with Crippen LogP contribution < -0.4 is 5.32 Å². The molecule has 0 saturated carbocycles. The van der Waals surface area contributed by atoms with Gasteiger partial charge in [-0.3, -0.25) is 4.98 Å². The highest BCUT2D eigenvalue weighted by atomic mass is 32.1. The average Bonchev–Trinajstić information content (AvgIpc) is 2.97. The van der Waals surface area contributed by atoms with Crippen molar-refractivity contribution in [3.05, 3.63) is 64.0 Å². The summed E-state index contributed by atoms with van der Waals surface area (Å²) in [6, 6.07) is 15.4. The van der Waals surface area contributed by atoms with Crippen molar-refractivity contribution < 1.29 is 0 Å². The number of hydrogen-bond donors (Lipinski definition) is 1. The highest BCUT2D eigenvalue weighted by Gasteiger charge is 2.11. The van der Waals surface area contributed by atoms with Crippen molar-refractivity contribution in [2.45, 2.75) is 19.4 Å². The number of aryl methyl sites for hydroxylation is 1. The second kappa shape index (κ2) is 5.73. The monoisotopic (exact) mass is 282 g/mol. The van der Waals surface area contributed by atoms with Crippen LogP contribution in [0.3, 0.4) is 0 Å². The van der Waals surface area contributed by atoms with E-state index in [-0.39, 0.29) is 0 Å². The van der Waals surface area contributed by atoms with E-state index in [1.54, 1.807) is 0 Å². The first kappa shape index (κ1) is 13.3. The molecule has 3 heteroatoms. The van der Waals surface area contributed by atoms with Gasteiger partial charge >= 0.3 is 0 Å². The maximum atomic E-state index is 4.56. The molecule has 2 nitrogen and oxygen atoms in total. The van der Waals surface area contributed by atoms with E-state index in [1.807, 2.05) is 25.3 Å². The summed E-state index contributed by atoms with van der Waals surface area (Å²) in [5.74, 6) is 0. The van der Waals surface area contributed by atoms with Crippen LogP contribution in [0.25, 0.3) is 10.9 Å². The van der Waals surface area contributed by atoms with Crippen molar-refractivity contribution in [3.8, 4) is 0 Å². The summed E-state index contributed by atoms with van der Waals surface area (Å²) in [6.45, 7) is 2.03. The van der Waals surface area contributed by atoms with E-state index in [4.69, 9.17) is 0 Å². The predicted octanol–water partition coefficient (Wildman–Crippen LogP) is 4.11. The van der Waals surface area contributed by atoms with Gasteiger partial charge in [0.2, 0.25) is 0 Å². The van der Waals surface area contributed by atoms with Crippen LogP contribution in [0.15, 0.2) is 47.8 Å². The van der Waals surface area contributed by atoms with Crippen molar-refractivity contribution in [2.24, 2.45) is 0 Å². The number of benzene rings is 1. The van der Waals surface area contributed by atoms with Crippen LogP contribution in [0.2, 0.25) is 0 Å². The summed E-state index contributed by atoms with van der Waals surface area (Å²) >= 11 is 1.81.